The van der Waals surface area contributed by atoms with E-state index in [1.165, 1.54) is 5.69 Å². The summed E-state index contributed by atoms with van der Waals surface area (Å²) in [5.41, 5.74) is 10.7. The second-order valence-electron chi connectivity index (χ2n) is 21.5. The quantitative estimate of drug-likeness (QED) is 0.0724. The maximum atomic E-state index is 12.2. The second-order valence-corrected chi connectivity index (χ2v) is 22.7. The molecule has 0 saturated carbocycles. The van der Waals surface area contributed by atoms with Crippen LogP contribution in [0.5, 0.6) is 0 Å². The van der Waals surface area contributed by atoms with E-state index < -0.39 is 18.4 Å². The number of piperazine rings is 3. The van der Waals surface area contributed by atoms with Gasteiger partial charge >= 0.3 is 12.2 Å². The van der Waals surface area contributed by atoms with E-state index in [2.05, 4.69) is 74.7 Å². The number of nitrogens with one attached hydrogen (secondary N) is 6. The predicted octanol–water partition coefficient (Wildman–Crippen LogP) is 6.85. The summed E-state index contributed by atoms with van der Waals surface area (Å²) >= 11 is 3.12. The highest BCUT2D eigenvalue weighted by Crippen LogP contribution is 2.24. The lowest BCUT2D eigenvalue weighted by molar-refractivity contribution is -0.135. The Morgan fingerprint density at radius 3 is 1.18 bits per heavy atom. The van der Waals surface area contributed by atoms with Crippen LogP contribution in [-0.2, 0) is 38.2 Å². The summed E-state index contributed by atoms with van der Waals surface area (Å²) in [7, 11) is -1.00. The Hall–Kier alpha value is -6.63. The third-order valence-electron chi connectivity index (χ3n) is 13.0. The third-order valence-corrected chi connectivity index (χ3v) is 13.9. The van der Waals surface area contributed by atoms with Crippen LogP contribution < -0.4 is 52.3 Å². The number of carbonyl (C=O) groups is 8. The molecule has 462 valence electrons. The molecule has 3 aromatic carbocycles. The number of amides is 8. The zero-order chi connectivity index (χ0) is 59.3. The van der Waals surface area contributed by atoms with Crippen molar-refractivity contribution in [2.24, 2.45) is 0 Å². The molecule has 3 atom stereocenters. The van der Waals surface area contributed by atoms with Crippen molar-refractivity contribution in [2.75, 3.05) is 117 Å². The number of nitrogens with two attached hydrogens (primary N) is 1. The number of benzene rings is 3. The lowest BCUT2D eigenvalue weighted by Crippen LogP contribution is -2.50. The fraction of sp³-hybridized carbons (Fsp3) is 0.544. The van der Waals surface area contributed by atoms with Crippen molar-refractivity contribution in [2.45, 2.75) is 116 Å². The number of alkyl halides is 2. The van der Waals surface area contributed by atoms with Gasteiger partial charge in [-0.05, 0) is 134 Å². The van der Waals surface area contributed by atoms with Crippen LogP contribution in [0, 0.1) is 0 Å². The number of rotatable bonds is 7. The Balaban J connectivity index is 0.000000389. The van der Waals surface area contributed by atoms with Gasteiger partial charge in [0.15, 0.2) is 0 Å². The van der Waals surface area contributed by atoms with Gasteiger partial charge in [0.05, 0.1) is 13.4 Å². The van der Waals surface area contributed by atoms with Gasteiger partial charge in [0.1, 0.15) is 23.3 Å². The van der Waals surface area contributed by atoms with E-state index in [1.54, 1.807) is 9.80 Å². The minimum Gasteiger partial charge on any atom is -0.444 e. The topological polar surface area (TPSA) is 269 Å². The van der Waals surface area contributed by atoms with Gasteiger partial charge in [-0.3, -0.25) is 49.1 Å². The van der Waals surface area contributed by atoms with Crippen molar-refractivity contribution < 1.29 is 53.6 Å². The molecule has 22 nitrogen and oxygen atoms in total. The average Bonchev–Trinajstić information content (AvgIpc) is 3.57. The Labute approximate surface area is 509 Å². The Morgan fingerprint density at radius 1 is 0.554 bits per heavy atom. The Kier molecular flexibility index (Phi) is 29.7. The standard InChI is InChI=1S/C20H28N4O4.C15H20N4O2.C15H23N3O2.C5H6BrNO2.CH3F.CH4.2ClH/c1-20(2,3)28-19(27)24-12-10-23(11-13-24)15-6-4-14(5-7-15)21-16-8-9-17(25)22-18(16)26;20-14-6-5-13(15(21)18-14)17-11-1-3-12(4-2-11)19-9-7-16-8-10-19;1-15(2,3)20-14(19)18-10-8-17(9-11-18)13-6-4-12(16)5-7-13;6-3-1-2-4(8)7-5(3)9;1-2;;;/h4-7,16,21H,8-13H2,1-3H3,(H,22,25,26);1-4,13,16-17H,5-10H2,(H,18,20,21);4-7H,8-11,16H2,1-3H3;3H,1-2H2,(H,7,8,9);1H3;1H4;2*1H/i;;;;1D;;;. The summed E-state index contributed by atoms with van der Waals surface area (Å²) in [6, 6.07) is 23.1. The normalized spacial score (nSPS) is 19.9. The molecule has 8 amide bonds. The molecule has 0 bridgehead atoms. The average molecular weight is 1270 g/mol. The van der Waals surface area contributed by atoms with Crippen molar-refractivity contribution >= 4 is 122 Å². The van der Waals surface area contributed by atoms with Gasteiger partial charge in [-0.15, -0.1) is 24.8 Å². The van der Waals surface area contributed by atoms with E-state index in [-0.39, 0.29) is 96.8 Å². The van der Waals surface area contributed by atoms with Crippen LogP contribution in [0.25, 0.3) is 0 Å². The molecule has 9 rings (SSSR count). The van der Waals surface area contributed by atoms with Crippen molar-refractivity contribution in [1.29, 1.82) is 0 Å². The molecule has 6 fully saturated rings. The van der Waals surface area contributed by atoms with Crippen molar-refractivity contribution in [3.8, 4) is 0 Å². The van der Waals surface area contributed by atoms with Crippen LogP contribution in [-0.4, -0.2) is 171 Å². The largest absolute Gasteiger partial charge is 0.444 e. The SMILES string of the molecule is C.CC(C)(C)OC(=O)N1CCN(c2ccc(N)cc2)CC1.CC(C)(C)OC(=O)N1CCN(c2ccc(NC3CCC(=O)NC3=O)cc2)CC1.Cl.Cl.O=C1CCC(Br)C(=O)N1.O=C1CCC(Nc2ccc(N3CCNCC3)cc2)C(=O)N1.[2H]CF. The number of carbonyl (C=O) groups excluding carboxylic acids is 8. The molecule has 6 aliphatic heterocycles. The molecule has 83 heavy (non-hydrogen) atoms. The maximum absolute atomic E-state index is 12.2. The maximum Gasteiger partial charge on any atom is 0.410 e. The molecular weight excluding hydrogens is 1180 g/mol. The smallest absolute Gasteiger partial charge is 0.410 e. The highest BCUT2D eigenvalue weighted by atomic mass is 79.9. The van der Waals surface area contributed by atoms with Gasteiger partial charge in [-0.2, -0.15) is 0 Å². The molecule has 0 aliphatic carbocycles. The highest BCUT2D eigenvalue weighted by molar-refractivity contribution is 9.10. The molecule has 8 N–H and O–H groups in total. The van der Waals surface area contributed by atoms with E-state index in [9.17, 15) is 42.7 Å². The molecule has 6 aliphatic rings. The molecule has 3 aromatic rings. The zero-order valence-electron chi connectivity index (χ0n) is 48.6. The molecule has 0 radical (unpaired) electrons. The summed E-state index contributed by atoms with van der Waals surface area (Å²) in [4.78, 5) is 101. The van der Waals surface area contributed by atoms with Crippen LogP contribution >= 0.6 is 40.7 Å². The first-order chi connectivity index (χ1) is 38.4. The summed E-state index contributed by atoms with van der Waals surface area (Å²) in [5.74, 6) is -1.31. The molecule has 3 unspecified atom stereocenters. The van der Waals surface area contributed by atoms with Gasteiger partial charge in [-0.1, -0.05) is 23.4 Å². The number of nitrogens with zero attached hydrogens (tertiary/aromatic N) is 5. The molecular formula is C57H86BrCl2FN12O10. The van der Waals surface area contributed by atoms with Gasteiger partial charge in [-0.25, -0.2) is 9.59 Å². The number of hydrogen-bond donors (Lipinski definition) is 7. The number of hydrogen-bond acceptors (Lipinski definition) is 17. The lowest BCUT2D eigenvalue weighted by atomic mass is 10.1. The number of nitrogen functional groups attached to an aromatic ring is 1. The van der Waals surface area contributed by atoms with Crippen LogP contribution in [0.2, 0.25) is 0 Å². The van der Waals surface area contributed by atoms with Crippen LogP contribution in [0.3, 0.4) is 0 Å². The van der Waals surface area contributed by atoms with Crippen molar-refractivity contribution in [3.63, 3.8) is 0 Å². The van der Waals surface area contributed by atoms with Gasteiger partial charge in [0, 0.05) is 132 Å². The molecule has 0 spiro atoms. The Morgan fingerprint density at radius 2 is 0.867 bits per heavy atom. The van der Waals surface area contributed by atoms with Gasteiger partial charge < -0.3 is 55.7 Å². The van der Waals surface area contributed by atoms with Crippen LogP contribution in [0.1, 0.15) is 88.9 Å². The molecule has 0 aromatic heterocycles. The first-order valence-corrected chi connectivity index (χ1v) is 27.8. The first kappa shape index (κ1) is 70.6. The zero-order valence-corrected chi connectivity index (χ0v) is 50.8. The molecule has 26 heteroatoms. The molecule has 6 saturated heterocycles. The van der Waals surface area contributed by atoms with Gasteiger partial charge in [0.25, 0.3) is 0 Å². The van der Waals surface area contributed by atoms with Crippen LogP contribution in [0.4, 0.5) is 48.1 Å². The van der Waals surface area contributed by atoms with E-state index in [4.69, 9.17) is 16.6 Å². The minimum absolute atomic E-state index is 0. The number of halogens is 4. The number of anilines is 6. The highest BCUT2D eigenvalue weighted by Gasteiger charge is 2.30. The van der Waals surface area contributed by atoms with Gasteiger partial charge in [0.2, 0.25) is 35.4 Å². The first-order valence-electron chi connectivity index (χ1n) is 27.6. The summed E-state index contributed by atoms with van der Waals surface area (Å²) in [5, 5.41) is 16.6. The predicted molar refractivity (Wildman–Crippen MR) is 332 cm³/mol. The second kappa shape index (κ2) is 34.8. The monoisotopic (exact) mass is 1270 g/mol. The van der Waals surface area contributed by atoms with E-state index in [1.807, 2.05) is 102 Å². The van der Waals surface area contributed by atoms with Crippen molar-refractivity contribution in [1.82, 2.24) is 31.1 Å². The number of piperidine rings is 3. The Bertz CT molecular complexity index is 2580. The fourth-order valence-electron chi connectivity index (χ4n) is 8.82. The number of imide groups is 3. The van der Waals surface area contributed by atoms with Crippen LogP contribution in [0.15, 0.2) is 72.8 Å². The summed E-state index contributed by atoms with van der Waals surface area (Å²) in [6.45, 7) is 21.0. The summed E-state index contributed by atoms with van der Waals surface area (Å²) in [6.07, 6.45) is 2.35. The van der Waals surface area contributed by atoms with E-state index >= 15 is 0 Å². The number of ether oxygens (including phenoxy) is 2. The molecule has 6 heterocycles. The summed E-state index contributed by atoms with van der Waals surface area (Å²) < 4.78 is 26.3. The fourth-order valence-corrected chi connectivity index (χ4v) is 9.17. The van der Waals surface area contributed by atoms with Crippen molar-refractivity contribution in [3.05, 3.63) is 72.8 Å². The minimum atomic E-state index is -1.00. The lowest BCUT2D eigenvalue weighted by Gasteiger charge is -2.36. The van der Waals surface area contributed by atoms with E-state index in [0.29, 0.717) is 64.7 Å². The third kappa shape index (κ3) is 24.6. The van der Waals surface area contributed by atoms with E-state index in [0.717, 1.165) is 80.8 Å².